The molecule has 0 aliphatic heterocycles. The summed E-state index contributed by atoms with van der Waals surface area (Å²) in [5.74, 6) is 0.569. The Morgan fingerprint density at radius 2 is 2.22 bits per heavy atom. The quantitative estimate of drug-likeness (QED) is 0.878. The normalized spacial score (nSPS) is 10.8. The molecule has 0 saturated heterocycles. The van der Waals surface area contributed by atoms with E-state index >= 15 is 0 Å². The van der Waals surface area contributed by atoms with E-state index in [0.29, 0.717) is 13.1 Å². The lowest BCUT2D eigenvalue weighted by Crippen LogP contribution is -2.13. The van der Waals surface area contributed by atoms with E-state index < -0.39 is 0 Å². The molecule has 1 N–H and O–H groups in total. The van der Waals surface area contributed by atoms with Crippen molar-refractivity contribution in [2.45, 2.75) is 26.9 Å². The van der Waals surface area contributed by atoms with Crippen LogP contribution >= 0.6 is 0 Å². The fourth-order valence-electron chi connectivity index (χ4n) is 1.74. The first-order valence-corrected chi connectivity index (χ1v) is 6.03. The molecule has 0 aliphatic rings. The lowest BCUT2D eigenvalue weighted by molar-refractivity contribution is 0.619. The number of halogens is 1. The lowest BCUT2D eigenvalue weighted by atomic mass is 10.1. The van der Waals surface area contributed by atoms with Gasteiger partial charge >= 0.3 is 0 Å². The number of hydrogen-bond donors (Lipinski definition) is 1. The van der Waals surface area contributed by atoms with Crippen molar-refractivity contribution in [3.05, 3.63) is 47.3 Å². The van der Waals surface area contributed by atoms with Crippen molar-refractivity contribution in [2.75, 3.05) is 6.54 Å². The monoisotopic (exact) mass is 248 g/mol. The molecule has 96 valence electrons. The predicted octanol–water partition coefficient (Wildman–Crippen LogP) is 1.88. The third kappa shape index (κ3) is 3.13. The SMILES string of the molecule is CCNCc1ncn(Cc2ccc(F)cc2C)n1. The summed E-state index contributed by atoms with van der Waals surface area (Å²) >= 11 is 0. The van der Waals surface area contributed by atoms with Gasteiger partial charge in [0.05, 0.1) is 13.1 Å². The molecule has 0 fully saturated rings. The summed E-state index contributed by atoms with van der Waals surface area (Å²) in [6, 6.07) is 4.79. The Morgan fingerprint density at radius 3 is 2.94 bits per heavy atom. The number of aryl methyl sites for hydroxylation is 1. The molecule has 0 atom stereocenters. The van der Waals surface area contributed by atoms with E-state index in [1.807, 2.05) is 13.8 Å². The van der Waals surface area contributed by atoms with Gasteiger partial charge < -0.3 is 5.32 Å². The van der Waals surface area contributed by atoms with Crippen molar-refractivity contribution < 1.29 is 4.39 Å². The topological polar surface area (TPSA) is 42.7 Å². The maximum absolute atomic E-state index is 13.0. The minimum atomic E-state index is -0.206. The van der Waals surface area contributed by atoms with Gasteiger partial charge in [-0.2, -0.15) is 5.10 Å². The molecule has 1 heterocycles. The second-order valence-electron chi connectivity index (χ2n) is 4.21. The zero-order valence-electron chi connectivity index (χ0n) is 10.7. The van der Waals surface area contributed by atoms with Gasteiger partial charge in [-0.05, 0) is 36.7 Å². The Balaban J connectivity index is 2.06. The van der Waals surface area contributed by atoms with E-state index in [0.717, 1.165) is 23.5 Å². The van der Waals surface area contributed by atoms with Gasteiger partial charge in [-0.3, -0.25) is 0 Å². The largest absolute Gasteiger partial charge is 0.310 e. The Bertz CT molecular complexity index is 521. The van der Waals surface area contributed by atoms with Gasteiger partial charge in [0.2, 0.25) is 0 Å². The third-order valence-electron chi connectivity index (χ3n) is 2.75. The minimum absolute atomic E-state index is 0.206. The molecule has 4 nitrogen and oxygen atoms in total. The highest BCUT2D eigenvalue weighted by molar-refractivity contribution is 5.26. The van der Waals surface area contributed by atoms with Crippen LogP contribution in [0.15, 0.2) is 24.5 Å². The van der Waals surface area contributed by atoms with Crippen LogP contribution in [0.25, 0.3) is 0 Å². The molecule has 2 aromatic rings. The number of aromatic nitrogens is 3. The first kappa shape index (κ1) is 12.7. The molecular formula is C13H17FN4. The molecule has 1 aromatic heterocycles. The Kier molecular flexibility index (Phi) is 4.04. The second-order valence-corrected chi connectivity index (χ2v) is 4.21. The summed E-state index contributed by atoms with van der Waals surface area (Å²) in [4.78, 5) is 4.21. The van der Waals surface area contributed by atoms with Gasteiger partial charge in [0.25, 0.3) is 0 Å². The molecule has 0 bridgehead atoms. The van der Waals surface area contributed by atoms with Gasteiger partial charge in [0.15, 0.2) is 5.82 Å². The van der Waals surface area contributed by atoms with Crippen molar-refractivity contribution >= 4 is 0 Å². The van der Waals surface area contributed by atoms with Crippen LogP contribution in [0, 0.1) is 12.7 Å². The van der Waals surface area contributed by atoms with E-state index in [9.17, 15) is 4.39 Å². The van der Waals surface area contributed by atoms with Crippen LogP contribution in [0.1, 0.15) is 23.9 Å². The molecule has 1 aromatic carbocycles. The molecule has 18 heavy (non-hydrogen) atoms. The average Bonchev–Trinajstić information content (AvgIpc) is 2.78. The second kappa shape index (κ2) is 5.73. The number of nitrogens with one attached hydrogen (secondary N) is 1. The maximum atomic E-state index is 13.0. The van der Waals surface area contributed by atoms with Crippen LogP contribution < -0.4 is 5.32 Å². The number of benzene rings is 1. The number of hydrogen-bond acceptors (Lipinski definition) is 3. The Hall–Kier alpha value is -1.75. The molecule has 0 unspecified atom stereocenters. The Morgan fingerprint density at radius 1 is 1.39 bits per heavy atom. The lowest BCUT2D eigenvalue weighted by Gasteiger charge is -2.05. The van der Waals surface area contributed by atoms with E-state index in [4.69, 9.17) is 0 Å². The fourth-order valence-corrected chi connectivity index (χ4v) is 1.74. The number of nitrogens with zero attached hydrogens (tertiary/aromatic N) is 3. The molecule has 2 rings (SSSR count). The van der Waals surface area contributed by atoms with E-state index in [-0.39, 0.29) is 5.82 Å². The van der Waals surface area contributed by atoms with Crippen LogP contribution in [0.4, 0.5) is 4.39 Å². The van der Waals surface area contributed by atoms with Crippen molar-refractivity contribution in [1.29, 1.82) is 0 Å². The summed E-state index contributed by atoms with van der Waals surface area (Å²) in [6.45, 7) is 6.12. The van der Waals surface area contributed by atoms with E-state index in [1.54, 1.807) is 17.1 Å². The third-order valence-corrected chi connectivity index (χ3v) is 2.75. The fraction of sp³-hybridized carbons (Fsp3) is 0.385. The molecule has 5 heteroatoms. The van der Waals surface area contributed by atoms with Crippen molar-refractivity contribution in [3.63, 3.8) is 0 Å². The molecule has 0 spiro atoms. The van der Waals surface area contributed by atoms with Gasteiger partial charge in [-0.25, -0.2) is 14.1 Å². The zero-order valence-corrected chi connectivity index (χ0v) is 10.7. The highest BCUT2D eigenvalue weighted by Crippen LogP contribution is 2.11. The molecular weight excluding hydrogens is 231 g/mol. The summed E-state index contributed by atoms with van der Waals surface area (Å²) in [5.41, 5.74) is 1.98. The maximum Gasteiger partial charge on any atom is 0.164 e. The van der Waals surface area contributed by atoms with Crippen molar-refractivity contribution in [2.24, 2.45) is 0 Å². The predicted molar refractivity (Wildman–Crippen MR) is 67.6 cm³/mol. The highest BCUT2D eigenvalue weighted by Gasteiger charge is 2.04. The van der Waals surface area contributed by atoms with Crippen LogP contribution in [0.5, 0.6) is 0 Å². The van der Waals surface area contributed by atoms with Crippen LogP contribution in [-0.4, -0.2) is 21.3 Å². The van der Waals surface area contributed by atoms with E-state index in [1.165, 1.54) is 12.1 Å². The van der Waals surface area contributed by atoms with Crippen LogP contribution in [0.3, 0.4) is 0 Å². The minimum Gasteiger partial charge on any atom is -0.310 e. The first-order valence-electron chi connectivity index (χ1n) is 6.03. The van der Waals surface area contributed by atoms with Crippen LogP contribution in [-0.2, 0) is 13.1 Å². The summed E-state index contributed by atoms with van der Waals surface area (Å²) in [5, 5.41) is 7.53. The van der Waals surface area contributed by atoms with Crippen LogP contribution in [0.2, 0.25) is 0 Å². The van der Waals surface area contributed by atoms with Gasteiger partial charge in [0.1, 0.15) is 12.1 Å². The van der Waals surface area contributed by atoms with E-state index in [2.05, 4.69) is 15.4 Å². The van der Waals surface area contributed by atoms with Gasteiger partial charge in [0, 0.05) is 0 Å². The molecule has 0 aliphatic carbocycles. The molecule has 0 amide bonds. The number of rotatable bonds is 5. The zero-order chi connectivity index (χ0) is 13.0. The van der Waals surface area contributed by atoms with Crippen molar-refractivity contribution in [1.82, 2.24) is 20.1 Å². The molecule has 0 saturated carbocycles. The Labute approximate surface area is 106 Å². The summed E-state index contributed by atoms with van der Waals surface area (Å²) in [7, 11) is 0. The standard InChI is InChI=1S/C13H17FN4/c1-3-15-7-13-16-9-18(17-13)8-11-4-5-12(14)6-10(11)2/h4-6,9,15H,3,7-8H2,1-2H3. The molecule has 0 radical (unpaired) electrons. The van der Waals surface area contributed by atoms with Gasteiger partial charge in [-0.1, -0.05) is 13.0 Å². The van der Waals surface area contributed by atoms with Gasteiger partial charge in [-0.15, -0.1) is 0 Å². The first-order chi connectivity index (χ1) is 8.69. The average molecular weight is 248 g/mol. The van der Waals surface area contributed by atoms with Crippen molar-refractivity contribution in [3.8, 4) is 0 Å². The summed E-state index contributed by atoms with van der Waals surface area (Å²) in [6.07, 6.45) is 1.70. The smallest absolute Gasteiger partial charge is 0.164 e. The highest BCUT2D eigenvalue weighted by atomic mass is 19.1. The summed E-state index contributed by atoms with van der Waals surface area (Å²) < 4.78 is 14.8.